The van der Waals surface area contributed by atoms with Crippen LogP contribution in [0.1, 0.15) is 65.7 Å². The molecule has 0 aromatic heterocycles. The third kappa shape index (κ3) is 3.73. The molecule has 1 unspecified atom stereocenters. The lowest BCUT2D eigenvalue weighted by molar-refractivity contribution is -0.185. The summed E-state index contributed by atoms with van der Waals surface area (Å²) in [6.07, 6.45) is 7.46. The van der Waals surface area contributed by atoms with Crippen molar-refractivity contribution in [1.82, 2.24) is 0 Å². The van der Waals surface area contributed by atoms with Crippen LogP contribution in [0.25, 0.3) is 0 Å². The molecule has 1 saturated carbocycles. The maximum absolute atomic E-state index is 12.0. The van der Waals surface area contributed by atoms with E-state index in [1.54, 1.807) is 0 Å². The summed E-state index contributed by atoms with van der Waals surface area (Å²) in [7, 11) is 0. The summed E-state index contributed by atoms with van der Waals surface area (Å²) >= 11 is 0. The summed E-state index contributed by atoms with van der Waals surface area (Å²) in [5.74, 6) is -0.543. The molecule has 20 heavy (non-hydrogen) atoms. The van der Waals surface area contributed by atoms with Crippen molar-refractivity contribution in [3.8, 4) is 0 Å². The van der Waals surface area contributed by atoms with Gasteiger partial charge in [0.2, 0.25) is 0 Å². The third-order valence-electron chi connectivity index (χ3n) is 4.62. The van der Waals surface area contributed by atoms with Crippen LogP contribution in [0.2, 0.25) is 0 Å². The molecular weight excluding hydrogens is 256 g/mol. The van der Waals surface area contributed by atoms with Crippen LogP contribution in [0.5, 0.6) is 0 Å². The first-order valence-electron chi connectivity index (χ1n) is 7.96. The van der Waals surface area contributed by atoms with Crippen molar-refractivity contribution in [2.24, 2.45) is 5.41 Å². The minimum atomic E-state index is -0.417. The molecule has 1 aliphatic carbocycles. The van der Waals surface area contributed by atoms with E-state index in [4.69, 9.17) is 14.2 Å². The number of rotatable bonds is 4. The number of hydrogen-bond acceptors (Lipinski definition) is 4. The Morgan fingerprint density at radius 1 is 1.25 bits per heavy atom. The fourth-order valence-electron chi connectivity index (χ4n) is 2.74. The lowest BCUT2D eigenvalue weighted by Gasteiger charge is -2.26. The number of carbonyl (C=O) groups is 1. The molecule has 2 aliphatic rings. The van der Waals surface area contributed by atoms with Crippen LogP contribution in [0.3, 0.4) is 0 Å². The molecule has 4 heteroatoms. The molecule has 0 radical (unpaired) electrons. The Bertz CT molecular complexity index is 329. The summed E-state index contributed by atoms with van der Waals surface area (Å²) in [6.45, 7) is 6.67. The molecule has 2 rings (SSSR count). The normalized spacial score (nSPS) is 26.4. The molecule has 0 N–H and O–H groups in total. The highest BCUT2D eigenvalue weighted by molar-refractivity contribution is 5.75. The topological polar surface area (TPSA) is 44.8 Å². The predicted octanol–water partition coefficient (Wildman–Crippen LogP) is 3.43. The van der Waals surface area contributed by atoms with Crippen LogP contribution >= 0.6 is 0 Å². The molecule has 1 heterocycles. The molecule has 1 saturated heterocycles. The van der Waals surface area contributed by atoms with Gasteiger partial charge in [-0.2, -0.15) is 0 Å². The Kier molecular flexibility index (Phi) is 5.08. The average molecular weight is 284 g/mol. The van der Waals surface area contributed by atoms with Crippen molar-refractivity contribution in [2.45, 2.75) is 77.6 Å². The van der Waals surface area contributed by atoms with Crippen molar-refractivity contribution < 1.29 is 19.0 Å². The standard InChI is InChI=1S/C16H28O4/c1-4-15(2,3)14(17)18-11-13-12-19-16(20-13)9-7-5-6-8-10-16/h13H,4-12H2,1-3H3. The van der Waals surface area contributed by atoms with E-state index < -0.39 is 11.2 Å². The second-order valence-electron chi connectivity index (χ2n) is 6.71. The molecular formula is C16H28O4. The van der Waals surface area contributed by atoms with Crippen LogP contribution in [0.15, 0.2) is 0 Å². The van der Waals surface area contributed by atoms with E-state index in [1.807, 2.05) is 20.8 Å². The number of hydrogen-bond donors (Lipinski definition) is 0. The molecule has 4 nitrogen and oxygen atoms in total. The van der Waals surface area contributed by atoms with Gasteiger partial charge in [-0.1, -0.05) is 19.8 Å². The minimum Gasteiger partial charge on any atom is -0.462 e. The van der Waals surface area contributed by atoms with Crippen molar-refractivity contribution in [1.29, 1.82) is 0 Å². The predicted molar refractivity (Wildman–Crippen MR) is 76.3 cm³/mol. The Balaban J connectivity index is 1.80. The summed E-state index contributed by atoms with van der Waals surface area (Å²) < 4.78 is 17.4. The highest BCUT2D eigenvalue weighted by Gasteiger charge is 2.42. The van der Waals surface area contributed by atoms with Gasteiger partial charge in [0, 0.05) is 12.8 Å². The average Bonchev–Trinajstić information content (AvgIpc) is 2.68. The van der Waals surface area contributed by atoms with E-state index in [9.17, 15) is 4.79 Å². The van der Waals surface area contributed by atoms with Gasteiger partial charge in [0.05, 0.1) is 12.0 Å². The molecule has 0 aromatic carbocycles. The van der Waals surface area contributed by atoms with E-state index in [1.165, 1.54) is 12.8 Å². The molecule has 0 aromatic rings. The van der Waals surface area contributed by atoms with Gasteiger partial charge in [-0.15, -0.1) is 0 Å². The van der Waals surface area contributed by atoms with Crippen LogP contribution in [0, 0.1) is 5.41 Å². The van der Waals surface area contributed by atoms with Gasteiger partial charge >= 0.3 is 5.97 Å². The number of ether oxygens (including phenoxy) is 3. The van der Waals surface area contributed by atoms with Gasteiger partial charge in [0.1, 0.15) is 12.7 Å². The van der Waals surface area contributed by atoms with E-state index in [-0.39, 0.29) is 12.1 Å². The first kappa shape index (κ1) is 15.8. The van der Waals surface area contributed by atoms with Crippen molar-refractivity contribution in [3.63, 3.8) is 0 Å². The highest BCUT2D eigenvalue weighted by atomic mass is 16.8. The van der Waals surface area contributed by atoms with Crippen LogP contribution in [0.4, 0.5) is 0 Å². The largest absolute Gasteiger partial charge is 0.462 e. The number of carbonyl (C=O) groups excluding carboxylic acids is 1. The van der Waals surface area contributed by atoms with Gasteiger partial charge in [0.15, 0.2) is 5.79 Å². The first-order chi connectivity index (χ1) is 9.47. The monoisotopic (exact) mass is 284 g/mol. The second-order valence-corrected chi connectivity index (χ2v) is 6.71. The van der Waals surface area contributed by atoms with Crippen LogP contribution < -0.4 is 0 Å². The summed E-state index contributed by atoms with van der Waals surface area (Å²) in [6, 6.07) is 0. The summed E-state index contributed by atoms with van der Waals surface area (Å²) in [5.41, 5.74) is -0.417. The third-order valence-corrected chi connectivity index (χ3v) is 4.62. The minimum absolute atomic E-state index is 0.107. The zero-order valence-electron chi connectivity index (χ0n) is 13.1. The lowest BCUT2D eigenvalue weighted by Crippen LogP contribution is -2.33. The Morgan fingerprint density at radius 3 is 2.50 bits per heavy atom. The Morgan fingerprint density at radius 2 is 1.90 bits per heavy atom. The summed E-state index contributed by atoms with van der Waals surface area (Å²) in [4.78, 5) is 12.0. The van der Waals surface area contributed by atoms with Crippen LogP contribution in [-0.4, -0.2) is 31.1 Å². The van der Waals surface area contributed by atoms with E-state index in [0.29, 0.717) is 13.2 Å². The smallest absolute Gasteiger partial charge is 0.311 e. The fraction of sp³-hybridized carbons (Fsp3) is 0.938. The lowest BCUT2D eigenvalue weighted by atomic mass is 9.91. The van der Waals surface area contributed by atoms with Gasteiger partial charge in [-0.05, 0) is 33.1 Å². The van der Waals surface area contributed by atoms with E-state index in [0.717, 1.165) is 32.1 Å². The number of esters is 1. The maximum atomic E-state index is 12.0. The van der Waals surface area contributed by atoms with Gasteiger partial charge < -0.3 is 14.2 Å². The van der Waals surface area contributed by atoms with Crippen molar-refractivity contribution in [2.75, 3.05) is 13.2 Å². The zero-order chi connectivity index (χ0) is 14.6. The maximum Gasteiger partial charge on any atom is 0.311 e. The molecule has 1 spiro atoms. The molecule has 1 aliphatic heterocycles. The van der Waals surface area contributed by atoms with Gasteiger partial charge in [0.25, 0.3) is 0 Å². The molecule has 0 amide bonds. The van der Waals surface area contributed by atoms with Gasteiger partial charge in [-0.25, -0.2) is 0 Å². The van der Waals surface area contributed by atoms with E-state index >= 15 is 0 Å². The van der Waals surface area contributed by atoms with Crippen LogP contribution in [-0.2, 0) is 19.0 Å². The first-order valence-corrected chi connectivity index (χ1v) is 7.96. The molecule has 1 atom stereocenters. The fourth-order valence-corrected chi connectivity index (χ4v) is 2.74. The quantitative estimate of drug-likeness (QED) is 0.742. The Labute approximate surface area is 122 Å². The second kappa shape index (κ2) is 6.44. The Hall–Kier alpha value is -0.610. The van der Waals surface area contributed by atoms with Crippen molar-refractivity contribution >= 4 is 5.97 Å². The summed E-state index contributed by atoms with van der Waals surface area (Å²) in [5, 5.41) is 0. The molecule has 0 bridgehead atoms. The highest BCUT2D eigenvalue weighted by Crippen LogP contribution is 2.37. The zero-order valence-corrected chi connectivity index (χ0v) is 13.1. The van der Waals surface area contributed by atoms with E-state index in [2.05, 4.69) is 0 Å². The SMILES string of the molecule is CCC(C)(C)C(=O)OCC1COC2(CCCCCC2)O1. The molecule has 116 valence electrons. The van der Waals surface area contributed by atoms with Gasteiger partial charge in [-0.3, -0.25) is 4.79 Å². The van der Waals surface area contributed by atoms with Crippen molar-refractivity contribution in [3.05, 3.63) is 0 Å². The molecule has 2 fully saturated rings.